The van der Waals surface area contributed by atoms with Gasteiger partial charge in [-0.3, -0.25) is 14.5 Å². The zero-order valence-electron chi connectivity index (χ0n) is 16.1. The highest BCUT2D eigenvalue weighted by Gasteiger charge is 2.41. The van der Waals surface area contributed by atoms with Crippen molar-refractivity contribution in [1.29, 1.82) is 5.26 Å². The summed E-state index contributed by atoms with van der Waals surface area (Å²) in [4.78, 5) is 27.0. The van der Waals surface area contributed by atoms with Crippen LogP contribution < -0.4 is 15.0 Å². The number of carbonyl (C=O) groups is 2. The van der Waals surface area contributed by atoms with Crippen LogP contribution in [0.1, 0.15) is 5.56 Å². The summed E-state index contributed by atoms with van der Waals surface area (Å²) in [6.07, 6.45) is 0.291. The highest BCUT2D eigenvalue weighted by Crippen LogP contribution is 2.43. The first-order chi connectivity index (χ1) is 14.4. The Morgan fingerprint density at radius 1 is 1.30 bits per heavy atom. The average molecular weight is 462 g/mol. The quantitative estimate of drug-likeness (QED) is 0.533. The monoisotopic (exact) mass is 461 g/mol. The van der Waals surface area contributed by atoms with E-state index < -0.39 is 11.2 Å². The third kappa shape index (κ3) is 4.41. The molecule has 2 aromatic carbocycles. The normalized spacial score (nSPS) is 17.5. The van der Waals surface area contributed by atoms with E-state index in [0.29, 0.717) is 33.5 Å². The van der Waals surface area contributed by atoms with E-state index in [-0.39, 0.29) is 16.5 Å². The molecule has 0 aromatic heterocycles. The van der Waals surface area contributed by atoms with Gasteiger partial charge < -0.3 is 10.1 Å². The summed E-state index contributed by atoms with van der Waals surface area (Å²) in [7, 11) is 2.95. The number of nitrogens with zero attached hydrogens (tertiary/aromatic N) is 2. The van der Waals surface area contributed by atoms with E-state index in [1.165, 1.54) is 19.1 Å². The van der Waals surface area contributed by atoms with Crippen LogP contribution in [-0.2, 0) is 16.0 Å². The molecule has 154 valence electrons. The minimum Gasteiger partial charge on any atom is -0.497 e. The van der Waals surface area contributed by atoms with Gasteiger partial charge in [-0.25, -0.2) is 0 Å². The van der Waals surface area contributed by atoms with Crippen LogP contribution in [0.3, 0.4) is 0 Å². The number of halogens is 2. The maximum absolute atomic E-state index is 13.4. The molecule has 1 aliphatic rings. The van der Waals surface area contributed by atoms with E-state index in [9.17, 15) is 14.9 Å². The largest absolute Gasteiger partial charge is 0.497 e. The second kappa shape index (κ2) is 9.43. The molecule has 1 fully saturated rings. The molecule has 2 aromatic rings. The van der Waals surface area contributed by atoms with Gasteiger partial charge in [-0.2, -0.15) is 5.26 Å². The number of likely N-dealkylation sites (N-methyl/N-ethyl adjacent to an activating group) is 1. The molecule has 1 unspecified atom stereocenters. The van der Waals surface area contributed by atoms with Crippen molar-refractivity contribution in [3.63, 3.8) is 0 Å². The van der Waals surface area contributed by atoms with Crippen LogP contribution >= 0.6 is 35.0 Å². The summed E-state index contributed by atoms with van der Waals surface area (Å²) < 4.78 is 5.25. The van der Waals surface area contributed by atoms with Crippen LogP contribution in [0.25, 0.3) is 0 Å². The van der Waals surface area contributed by atoms with Gasteiger partial charge in [0, 0.05) is 23.2 Å². The SMILES string of the molecule is CNC(=O)C(C#N)=C1SC(Cc2cc(Cl)ccc2Cl)C(=O)N1c1cccc(OC)c1. The molecule has 1 heterocycles. The van der Waals surface area contributed by atoms with Crippen LogP contribution in [0.5, 0.6) is 5.75 Å². The molecule has 0 saturated carbocycles. The van der Waals surface area contributed by atoms with Gasteiger partial charge in [0.25, 0.3) is 5.91 Å². The highest BCUT2D eigenvalue weighted by molar-refractivity contribution is 8.05. The number of nitriles is 1. The first-order valence-electron chi connectivity index (χ1n) is 8.84. The number of hydrogen-bond acceptors (Lipinski definition) is 5. The average Bonchev–Trinajstić information content (AvgIpc) is 3.06. The Kier molecular flexibility index (Phi) is 6.93. The Hall–Kier alpha value is -2.66. The third-order valence-corrected chi connectivity index (χ3v) is 6.32. The summed E-state index contributed by atoms with van der Waals surface area (Å²) in [6, 6.07) is 13.8. The van der Waals surface area contributed by atoms with E-state index in [2.05, 4.69) is 5.32 Å². The molecule has 0 spiro atoms. The molecule has 1 atom stereocenters. The first-order valence-corrected chi connectivity index (χ1v) is 10.5. The minimum absolute atomic E-state index is 0.140. The van der Waals surface area contributed by atoms with Gasteiger partial charge in [-0.1, -0.05) is 41.0 Å². The summed E-state index contributed by atoms with van der Waals surface area (Å²) in [6.45, 7) is 0. The second-order valence-corrected chi connectivity index (χ2v) is 8.33. The predicted octanol–water partition coefficient (Wildman–Crippen LogP) is 4.17. The number of thioether (sulfide) groups is 1. The third-order valence-electron chi connectivity index (χ3n) is 4.46. The number of rotatable bonds is 5. The van der Waals surface area contributed by atoms with Crippen molar-refractivity contribution >= 4 is 52.5 Å². The van der Waals surface area contributed by atoms with Crippen molar-refractivity contribution < 1.29 is 14.3 Å². The van der Waals surface area contributed by atoms with Gasteiger partial charge in [0.2, 0.25) is 5.91 Å². The lowest BCUT2D eigenvalue weighted by molar-refractivity contribution is -0.117. The highest BCUT2D eigenvalue weighted by atomic mass is 35.5. The Bertz CT molecular complexity index is 1080. The number of ether oxygens (including phenoxy) is 1. The maximum atomic E-state index is 13.4. The molecule has 2 amide bonds. The molecule has 0 radical (unpaired) electrons. The van der Waals surface area contributed by atoms with Crippen LogP contribution in [0, 0.1) is 11.3 Å². The van der Waals surface area contributed by atoms with Gasteiger partial charge >= 0.3 is 0 Å². The van der Waals surface area contributed by atoms with Gasteiger partial charge in [-0.05, 0) is 42.3 Å². The molecular formula is C21H17Cl2N3O3S. The van der Waals surface area contributed by atoms with Crippen molar-refractivity contribution in [2.75, 3.05) is 19.1 Å². The topological polar surface area (TPSA) is 82.4 Å². The first kappa shape index (κ1) is 22.0. The Morgan fingerprint density at radius 2 is 2.07 bits per heavy atom. The number of hydrogen-bond donors (Lipinski definition) is 1. The van der Waals surface area contributed by atoms with Crippen molar-refractivity contribution in [2.24, 2.45) is 0 Å². The van der Waals surface area contributed by atoms with Gasteiger partial charge in [0.15, 0.2) is 0 Å². The molecule has 1 saturated heterocycles. The Labute approximate surface area is 188 Å². The van der Waals surface area contributed by atoms with Crippen molar-refractivity contribution in [3.05, 3.63) is 68.7 Å². The van der Waals surface area contributed by atoms with Crippen LogP contribution in [0.4, 0.5) is 5.69 Å². The Morgan fingerprint density at radius 3 is 2.73 bits per heavy atom. The lowest BCUT2D eigenvalue weighted by atomic mass is 10.1. The van der Waals surface area contributed by atoms with Crippen molar-refractivity contribution in [3.8, 4) is 11.8 Å². The zero-order chi connectivity index (χ0) is 21.8. The summed E-state index contributed by atoms with van der Waals surface area (Å²) in [5, 5.41) is 12.7. The van der Waals surface area contributed by atoms with E-state index >= 15 is 0 Å². The van der Waals surface area contributed by atoms with E-state index in [1.807, 2.05) is 6.07 Å². The standard InChI is InChI=1S/C21H17Cl2N3O3S/c1-25-19(27)16(11-24)21-26(14-4-3-5-15(10-14)29-2)20(28)18(30-21)9-12-8-13(22)6-7-17(12)23/h3-8,10,18H,9H2,1-2H3,(H,25,27). The zero-order valence-corrected chi connectivity index (χ0v) is 18.4. The van der Waals surface area contributed by atoms with Crippen molar-refractivity contribution in [2.45, 2.75) is 11.7 Å². The molecule has 30 heavy (non-hydrogen) atoms. The molecular weight excluding hydrogens is 445 g/mol. The molecule has 3 rings (SSSR count). The van der Waals surface area contributed by atoms with E-state index in [4.69, 9.17) is 27.9 Å². The number of anilines is 1. The fraction of sp³-hybridized carbons (Fsp3) is 0.190. The number of nitrogens with one attached hydrogen (secondary N) is 1. The van der Waals surface area contributed by atoms with Gasteiger partial charge in [0.1, 0.15) is 22.4 Å². The lowest BCUT2D eigenvalue weighted by Gasteiger charge is -2.19. The van der Waals surface area contributed by atoms with Crippen LogP contribution in [0.2, 0.25) is 10.0 Å². The summed E-state index contributed by atoms with van der Waals surface area (Å²) in [5.41, 5.74) is 1.07. The summed E-state index contributed by atoms with van der Waals surface area (Å²) in [5.74, 6) is -0.289. The molecule has 0 bridgehead atoms. The summed E-state index contributed by atoms with van der Waals surface area (Å²) >= 11 is 13.5. The Balaban J connectivity index is 2.08. The van der Waals surface area contributed by atoms with E-state index in [0.717, 1.165) is 11.8 Å². The minimum atomic E-state index is -0.588. The van der Waals surface area contributed by atoms with Crippen LogP contribution in [0.15, 0.2) is 53.1 Å². The molecule has 9 heteroatoms. The second-order valence-electron chi connectivity index (χ2n) is 6.29. The molecule has 1 aliphatic heterocycles. The van der Waals surface area contributed by atoms with Gasteiger partial charge in [0.05, 0.1) is 18.0 Å². The van der Waals surface area contributed by atoms with Gasteiger partial charge in [-0.15, -0.1) is 0 Å². The molecule has 6 nitrogen and oxygen atoms in total. The number of benzene rings is 2. The smallest absolute Gasteiger partial charge is 0.264 e. The lowest BCUT2D eigenvalue weighted by Crippen LogP contribution is -2.31. The fourth-order valence-corrected chi connectivity index (χ4v) is 4.68. The maximum Gasteiger partial charge on any atom is 0.264 e. The predicted molar refractivity (Wildman–Crippen MR) is 119 cm³/mol. The number of carbonyl (C=O) groups excluding carboxylic acids is 2. The number of methoxy groups -OCH3 is 1. The van der Waals surface area contributed by atoms with E-state index in [1.54, 1.807) is 42.5 Å². The fourth-order valence-electron chi connectivity index (χ4n) is 3.00. The molecule has 1 N–H and O–H groups in total. The molecule has 0 aliphatic carbocycles. The number of amides is 2. The van der Waals surface area contributed by atoms with Crippen molar-refractivity contribution in [1.82, 2.24) is 5.32 Å². The van der Waals surface area contributed by atoms with Crippen LogP contribution in [-0.4, -0.2) is 31.2 Å².